The van der Waals surface area contributed by atoms with Crippen LogP contribution in [0.3, 0.4) is 0 Å². The number of nitrogens with one attached hydrogen (secondary N) is 1. The zero-order valence-corrected chi connectivity index (χ0v) is 14.0. The smallest absolute Gasteiger partial charge is 0.223 e. The van der Waals surface area contributed by atoms with E-state index in [-0.39, 0.29) is 17.4 Å². The monoisotopic (exact) mass is 311 g/mol. The number of benzene rings is 1. The van der Waals surface area contributed by atoms with Gasteiger partial charge in [-0.1, -0.05) is 12.1 Å². The second-order valence-corrected chi connectivity index (χ2v) is 7.17. The quantitative estimate of drug-likeness (QED) is 0.930. The Morgan fingerprint density at radius 1 is 1.35 bits per heavy atom. The molecule has 23 heavy (non-hydrogen) atoms. The highest BCUT2D eigenvalue weighted by Gasteiger charge is 2.46. The van der Waals surface area contributed by atoms with Gasteiger partial charge in [0.25, 0.3) is 0 Å². The third kappa shape index (κ3) is 3.40. The summed E-state index contributed by atoms with van der Waals surface area (Å²) in [6.07, 6.45) is 3.83. The third-order valence-corrected chi connectivity index (χ3v) is 5.29. The normalized spacial score (nSPS) is 21.0. The molecule has 1 aromatic rings. The van der Waals surface area contributed by atoms with Crippen LogP contribution in [-0.2, 0) is 10.3 Å². The minimum atomic E-state index is -0.223. The number of nitrogens with zero attached hydrogens (tertiary/aromatic N) is 2. The van der Waals surface area contributed by atoms with Crippen molar-refractivity contribution in [1.82, 2.24) is 10.2 Å². The van der Waals surface area contributed by atoms with Gasteiger partial charge in [0.1, 0.15) is 0 Å². The summed E-state index contributed by atoms with van der Waals surface area (Å²) < 4.78 is 0. The van der Waals surface area contributed by atoms with Crippen molar-refractivity contribution in [3.05, 3.63) is 35.4 Å². The lowest BCUT2D eigenvalue weighted by Crippen LogP contribution is -2.45. The van der Waals surface area contributed by atoms with E-state index in [0.29, 0.717) is 11.6 Å². The molecule has 0 radical (unpaired) electrons. The fraction of sp³-hybridized carbons (Fsp3) is 0.579. The van der Waals surface area contributed by atoms with Crippen LogP contribution < -0.4 is 5.32 Å². The first kappa shape index (κ1) is 16.0. The highest BCUT2D eigenvalue weighted by Crippen LogP contribution is 2.46. The predicted octanol–water partition coefficient (Wildman–Crippen LogP) is 2.78. The van der Waals surface area contributed by atoms with Gasteiger partial charge in [0, 0.05) is 12.0 Å². The Morgan fingerprint density at radius 2 is 2.04 bits per heavy atom. The van der Waals surface area contributed by atoms with Crippen LogP contribution in [0, 0.1) is 17.2 Å². The molecule has 1 aliphatic heterocycles. The molecule has 1 aliphatic carbocycles. The first-order valence-electron chi connectivity index (χ1n) is 8.61. The summed E-state index contributed by atoms with van der Waals surface area (Å²) in [7, 11) is 0. The van der Waals surface area contributed by atoms with Crippen LogP contribution in [-0.4, -0.2) is 29.9 Å². The summed E-state index contributed by atoms with van der Waals surface area (Å²) >= 11 is 0. The lowest BCUT2D eigenvalue weighted by atomic mass is 9.93. The van der Waals surface area contributed by atoms with E-state index in [1.165, 1.54) is 0 Å². The van der Waals surface area contributed by atoms with Crippen molar-refractivity contribution in [2.45, 2.75) is 51.1 Å². The minimum Gasteiger partial charge on any atom is -0.346 e. The maximum absolute atomic E-state index is 12.7. The molecular formula is C19H25N3O. The number of nitriles is 1. The van der Waals surface area contributed by atoms with Crippen molar-refractivity contribution in [2.24, 2.45) is 5.92 Å². The molecule has 0 unspecified atom stereocenters. The van der Waals surface area contributed by atoms with E-state index in [1.807, 2.05) is 24.3 Å². The topological polar surface area (TPSA) is 56.1 Å². The van der Waals surface area contributed by atoms with E-state index in [1.54, 1.807) is 0 Å². The van der Waals surface area contributed by atoms with Gasteiger partial charge in [-0.15, -0.1) is 0 Å². The van der Waals surface area contributed by atoms with Crippen LogP contribution in [0.25, 0.3) is 0 Å². The summed E-state index contributed by atoms with van der Waals surface area (Å²) in [6, 6.07) is 10.4. The summed E-state index contributed by atoms with van der Waals surface area (Å²) in [5, 5.41) is 12.3. The first-order valence-corrected chi connectivity index (χ1v) is 8.61. The number of hydrogen-bond donors (Lipinski definition) is 1. The molecule has 122 valence electrons. The van der Waals surface area contributed by atoms with Gasteiger partial charge in [-0.2, -0.15) is 5.26 Å². The van der Waals surface area contributed by atoms with Gasteiger partial charge >= 0.3 is 0 Å². The molecule has 4 heteroatoms. The molecule has 4 nitrogen and oxygen atoms in total. The van der Waals surface area contributed by atoms with Gasteiger partial charge in [-0.25, -0.2) is 0 Å². The zero-order valence-electron chi connectivity index (χ0n) is 14.0. The maximum atomic E-state index is 12.7. The second-order valence-electron chi connectivity index (χ2n) is 7.17. The van der Waals surface area contributed by atoms with Gasteiger partial charge < -0.3 is 10.2 Å². The van der Waals surface area contributed by atoms with Crippen molar-refractivity contribution < 1.29 is 4.79 Å². The van der Waals surface area contributed by atoms with E-state index in [4.69, 9.17) is 5.26 Å². The number of rotatable bonds is 4. The molecular weight excluding hydrogens is 286 g/mol. The molecule has 0 aromatic heterocycles. The second kappa shape index (κ2) is 6.33. The van der Waals surface area contributed by atoms with E-state index in [0.717, 1.165) is 44.3 Å². The van der Waals surface area contributed by atoms with Gasteiger partial charge in [0.05, 0.1) is 17.2 Å². The molecule has 0 spiro atoms. The summed E-state index contributed by atoms with van der Waals surface area (Å²) in [5.74, 6) is 0.315. The van der Waals surface area contributed by atoms with Gasteiger partial charge in [-0.3, -0.25) is 4.79 Å². The molecule has 2 fully saturated rings. The molecule has 1 N–H and O–H groups in total. The summed E-state index contributed by atoms with van der Waals surface area (Å²) in [5.41, 5.74) is 1.51. The number of carbonyl (C=O) groups is 1. The Morgan fingerprint density at radius 3 is 2.61 bits per heavy atom. The molecule has 0 atom stereocenters. The van der Waals surface area contributed by atoms with Crippen LogP contribution in [0.2, 0.25) is 0 Å². The van der Waals surface area contributed by atoms with Crippen molar-refractivity contribution >= 4 is 5.91 Å². The Hall–Kier alpha value is -1.86. The molecule has 2 aliphatic rings. The third-order valence-electron chi connectivity index (χ3n) is 5.29. The molecule has 0 bridgehead atoms. The molecule has 1 saturated carbocycles. The maximum Gasteiger partial charge on any atom is 0.223 e. The average molecular weight is 311 g/mol. The number of amides is 1. The number of likely N-dealkylation sites (tertiary alicyclic amines) is 1. The average Bonchev–Trinajstić information content (AvgIpc) is 3.35. The fourth-order valence-corrected chi connectivity index (χ4v) is 3.51. The summed E-state index contributed by atoms with van der Waals surface area (Å²) in [6.45, 7) is 6.43. The predicted molar refractivity (Wildman–Crippen MR) is 89.6 cm³/mol. The van der Waals surface area contributed by atoms with E-state index in [2.05, 4.69) is 30.1 Å². The molecule has 1 amide bonds. The van der Waals surface area contributed by atoms with Crippen LogP contribution in [0.1, 0.15) is 50.7 Å². The van der Waals surface area contributed by atoms with Crippen molar-refractivity contribution in [3.8, 4) is 6.07 Å². The molecule has 1 heterocycles. The highest BCUT2D eigenvalue weighted by molar-refractivity contribution is 5.80. The van der Waals surface area contributed by atoms with Crippen LogP contribution in [0.4, 0.5) is 0 Å². The zero-order chi connectivity index (χ0) is 16.4. The number of hydrogen-bond acceptors (Lipinski definition) is 3. The van der Waals surface area contributed by atoms with Crippen molar-refractivity contribution in [3.63, 3.8) is 0 Å². The first-order chi connectivity index (χ1) is 11.0. The number of carbonyl (C=O) groups excluding carboxylic acids is 1. The Balaban J connectivity index is 1.63. The van der Waals surface area contributed by atoms with E-state index in [9.17, 15) is 4.79 Å². The van der Waals surface area contributed by atoms with Crippen LogP contribution in [0.5, 0.6) is 0 Å². The van der Waals surface area contributed by atoms with Crippen molar-refractivity contribution in [1.29, 1.82) is 5.26 Å². The van der Waals surface area contributed by atoms with Crippen LogP contribution >= 0.6 is 0 Å². The van der Waals surface area contributed by atoms with Crippen LogP contribution in [0.15, 0.2) is 24.3 Å². The van der Waals surface area contributed by atoms with Gasteiger partial charge in [-0.05, 0) is 70.3 Å². The van der Waals surface area contributed by atoms with E-state index < -0.39 is 0 Å². The lowest BCUT2D eigenvalue weighted by molar-refractivity contribution is -0.127. The minimum absolute atomic E-state index is 0.127. The van der Waals surface area contributed by atoms with Gasteiger partial charge in [0.2, 0.25) is 5.91 Å². The molecule has 3 rings (SSSR count). The molecule has 1 saturated heterocycles. The Labute approximate surface area is 138 Å². The standard InChI is InChI=1S/C19H25N3O/c1-14(2)22-10-6-16(7-11-22)18(23)21-19(8-9-19)17-5-3-4-15(12-17)13-20/h3-5,12,14,16H,6-11H2,1-2H3,(H,21,23). The fourth-order valence-electron chi connectivity index (χ4n) is 3.51. The lowest BCUT2D eigenvalue weighted by Gasteiger charge is -2.34. The Bertz CT molecular complexity index is 620. The van der Waals surface area contributed by atoms with Crippen molar-refractivity contribution in [2.75, 3.05) is 13.1 Å². The summed E-state index contributed by atoms with van der Waals surface area (Å²) in [4.78, 5) is 15.1. The molecule has 1 aromatic carbocycles. The Kier molecular flexibility index (Phi) is 4.41. The number of piperidine rings is 1. The highest BCUT2D eigenvalue weighted by atomic mass is 16.2. The van der Waals surface area contributed by atoms with E-state index >= 15 is 0 Å². The largest absolute Gasteiger partial charge is 0.346 e. The SMILES string of the molecule is CC(C)N1CCC(C(=O)NC2(c3cccc(C#N)c3)CC2)CC1. The van der Waals surface area contributed by atoms with Gasteiger partial charge in [0.15, 0.2) is 0 Å².